The Labute approximate surface area is 112 Å². The van der Waals surface area contributed by atoms with E-state index in [0.717, 1.165) is 22.3 Å². The zero-order chi connectivity index (χ0) is 13.7. The van der Waals surface area contributed by atoms with Gasteiger partial charge in [0.05, 0.1) is 6.54 Å². The average molecular weight is 255 g/mol. The topological polar surface area (TPSA) is 70.6 Å². The van der Waals surface area contributed by atoms with Crippen molar-refractivity contribution in [3.8, 4) is 16.9 Å². The number of nitrogens with one attached hydrogen (secondary N) is 1. The Morgan fingerprint density at radius 3 is 2.74 bits per heavy atom. The first kappa shape index (κ1) is 13.0. The maximum Gasteiger partial charge on any atom is 0.118 e. The fourth-order valence-electron chi connectivity index (χ4n) is 1.89. The average Bonchev–Trinajstić information content (AvgIpc) is 2.43. The maximum atomic E-state index is 9.55. The summed E-state index contributed by atoms with van der Waals surface area (Å²) in [5.41, 5.74) is 12.2. The molecule has 4 nitrogen and oxygen atoms in total. The number of hydrogen-bond donors (Lipinski definition) is 3. The van der Waals surface area contributed by atoms with Crippen LogP contribution in [-0.2, 0) is 6.54 Å². The van der Waals surface area contributed by atoms with E-state index in [1.165, 1.54) is 6.34 Å². The summed E-state index contributed by atoms with van der Waals surface area (Å²) in [6.07, 6.45) is 1.23. The van der Waals surface area contributed by atoms with E-state index in [4.69, 9.17) is 5.73 Å². The molecule has 0 heterocycles. The molecule has 98 valence electrons. The molecule has 0 aliphatic carbocycles. The number of rotatable bonds is 4. The van der Waals surface area contributed by atoms with Crippen LogP contribution < -0.4 is 11.2 Å². The van der Waals surface area contributed by atoms with Gasteiger partial charge in [-0.05, 0) is 47.4 Å². The fraction of sp³-hybridized carbons (Fsp3) is 0.133. The van der Waals surface area contributed by atoms with Gasteiger partial charge in [0, 0.05) is 0 Å². The maximum absolute atomic E-state index is 9.55. The van der Waals surface area contributed by atoms with Gasteiger partial charge in [-0.3, -0.25) is 0 Å². The van der Waals surface area contributed by atoms with Crippen molar-refractivity contribution in [1.29, 1.82) is 0 Å². The first-order chi connectivity index (χ1) is 9.20. The van der Waals surface area contributed by atoms with E-state index in [1.54, 1.807) is 6.07 Å². The highest BCUT2D eigenvalue weighted by Crippen LogP contribution is 2.25. The van der Waals surface area contributed by atoms with Crippen molar-refractivity contribution in [3.05, 3.63) is 53.6 Å². The van der Waals surface area contributed by atoms with Crippen LogP contribution in [0.25, 0.3) is 11.1 Å². The number of phenols is 1. The minimum Gasteiger partial charge on any atom is -0.508 e. The molecule has 0 bridgehead atoms. The quantitative estimate of drug-likeness (QED) is 0.446. The second-order valence-corrected chi connectivity index (χ2v) is 4.31. The third kappa shape index (κ3) is 3.25. The smallest absolute Gasteiger partial charge is 0.118 e. The molecule has 4 N–H and O–H groups in total. The predicted octanol–water partition coefficient (Wildman–Crippen LogP) is 2.36. The normalized spacial score (nSPS) is 10.8. The molecule has 19 heavy (non-hydrogen) atoms. The molecule has 0 spiro atoms. The highest BCUT2D eigenvalue weighted by Gasteiger charge is 2.02. The first-order valence-electron chi connectivity index (χ1n) is 6.06. The van der Waals surface area contributed by atoms with Crippen molar-refractivity contribution in [1.82, 2.24) is 5.43 Å². The molecule has 2 aromatic rings. The number of nitrogens with two attached hydrogens (primary N) is 1. The summed E-state index contributed by atoms with van der Waals surface area (Å²) in [4.78, 5) is 0. The largest absolute Gasteiger partial charge is 0.508 e. The number of nitrogens with zero attached hydrogens (tertiary/aromatic N) is 1. The van der Waals surface area contributed by atoms with Gasteiger partial charge in [0.1, 0.15) is 12.1 Å². The lowest BCUT2D eigenvalue weighted by Gasteiger charge is -2.07. The Morgan fingerprint density at radius 1 is 1.21 bits per heavy atom. The summed E-state index contributed by atoms with van der Waals surface area (Å²) in [5.74, 6) is 0.318. The summed E-state index contributed by atoms with van der Waals surface area (Å²) >= 11 is 0. The number of benzene rings is 2. The SMILES string of the molecule is Cc1cc(-c2cccc(CN/N=C\N)c2)ccc1O. The molecular formula is C15H17N3O. The molecule has 0 saturated carbocycles. The Kier molecular flexibility index (Phi) is 4.03. The molecule has 0 fully saturated rings. The van der Waals surface area contributed by atoms with Crippen LogP contribution in [0.1, 0.15) is 11.1 Å². The molecule has 2 aromatic carbocycles. The monoisotopic (exact) mass is 255 g/mol. The number of aromatic hydroxyl groups is 1. The van der Waals surface area contributed by atoms with Crippen molar-refractivity contribution in [2.45, 2.75) is 13.5 Å². The highest BCUT2D eigenvalue weighted by atomic mass is 16.3. The zero-order valence-electron chi connectivity index (χ0n) is 10.8. The van der Waals surface area contributed by atoms with Gasteiger partial charge in [0.15, 0.2) is 0 Å². The van der Waals surface area contributed by atoms with E-state index >= 15 is 0 Å². The molecule has 0 aromatic heterocycles. The molecule has 0 unspecified atom stereocenters. The predicted molar refractivity (Wildman–Crippen MR) is 77.8 cm³/mol. The summed E-state index contributed by atoms with van der Waals surface area (Å²) in [7, 11) is 0. The summed E-state index contributed by atoms with van der Waals surface area (Å²) in [5, 5.41) is 13.3. The minimum atomic E-state index is 0.318. The summed E-state index contributed by atoms with van der Waals surface area (Å²) in [6.45, 7) is 2.51. The van der Waals surface area contributed by atoms with Gasteiger partial charge in [0.25, 0.3) is 0 Å². The molecule has 4 heteroatoms. The second-order valence-electron chi connectivity index (χ2n) is 4.31. The third-order valence-electron chi connectivity index (χ3n) is 2.91. The Bertz CT molecular complexity index is 594. The Hall–Kier alpha value is -2.49. The molecule has 0 aliphatic rings. The van der Waals surface area contributed by atoms with E-state index in [9.17, 15) is 5.11 Å². The summed E-state index contributed by atoms with van der Waals surface area (Å²) in [6, 6.07) is 13.8. The minimum absolute atomic E-state index is 0.318. The first-order valence-corrected chi connectivity index (χ1v) is 6.06. The lowest BCUT2D eigenvalue weighted by atomic mass is 10.0. The molecule has 0 aliphatic heterocycles. The van der Waals surface area contributed by atoms with Crippen molar-refractivity contribution >= 4 is 6.34 Å². The van der Waals surface area contributed by atoms with Gasteiger partial charge in [-0.1, -0.05) is 24.3 Å². The van der Waals surface area contributed by atoms with Crippen LogP contribution in [0.5, 0.6) is 5.75 Å². The number of hydrazone groups is 1. The second kappa shape index (κ2) is 5.91. The lowest BCUT2D eigenvalue weighted by molar-refractivity contribution is 0.471. The van der Waals surface area contributed by atoms with Crippen molar-refractivity contribution in [3.63, 3.8) is 0 Å². The van der Waals surface area contributed by atoms with Gasteiger partial charge in [0.2, 0.25) is 0 Å². The highest BCUT2D eigenvalue weighted by molar-refractivity contribution is 5.66. The van der Waals surface area contributed by atoms with Crippen LogP contribution in [0, 0.1) is 6.92 Å². The van der Waals surface area contributed by atoms with Crippen LogP contribution in [0.4, 0.5) is 0 Å². The van der Waals surface area contributed by atoms with E-state index in [2.05, 4.69) is 16.6 Å². The zero-order valence-corrected chi connectivity index (χ0v) is 10.8. The van der Waals surface area contributed by atoms with Gasteiger partial charge in [-0.15, -0.1) is 0 Å². The molecule has 0 radical (unpaired) electrons. The molecule has 0 saturated heterocycles. The van der Waals surface area contributed by atoms with Gasteiger partial charge in [-0.2, -0.15) is 5.10 Å². The number of aryl methyl sites for hydroxylation is 1. The van der Waals surface area contributed by atoms with Crippen molar-refractivity contribution in [2.75, 3.05) is 0 Å². The van der Waals surface area contributed by atoms with Crippen LogP contribution in [0.15, 0.2) is 47.6 Å². The van der Waals surface area contributed by atoms with E-state index in [-0.39, 0.29) is 0 Å². The molecule has 2 rings (SSSR count). The van der Waals surface area contributed by atoms with E-state index in [1.807, 2.05) is 37.3 Å². The fourth-order valence-corrected chi connectivity index (χ4v) is 1.89. The van der Waals surface area contributed by atoms with E-state index in [0.29, 0.717) is 12.3 Å². The summed E-state index contributed by atoms with van der Waals surface area (Å²) < 4.78 is 0. The van der Waals surface area contributed by atoms with Crippen molar-refractivity contribution in [2.24, 2.45) is 10.8 Å². The molecule has 0 amide bonds. The molecule has 0 atom stereocenters. The molecular weight excluding hydrogens is 238 g/mol. The van der Waals surface area contributed by atoms with Crippen LogP contribution >= 0.6 is 0 Å². The lowest BCUT2D eigenvalue weighted by Crippen LogP contribution is -2.07. The van der Waals surface area contributed by atoms with E-state index < -0.39 is 0 Å². The van der Waals surface area contributed by atoms with Gasteiger partial charge >= 0.3 is 0 Å². The number of phenolic OH excluding ortho intramolecular Hbond substituents is 1. The van der Waals surface area contributed by atoms with Crippen LogP contribution in [-0.4, -0.2) is 11.4 Å². The van der Waals surface area contributed by atoms with Crippen LogP contribution in [0.3, 0.4) is 0 Å². The Morgan fingerprint density at radius 2 is 2.00 bits per heavy atom. The van der Waals surface area contributed by atoms with Gasteiger partial charge in [-0.25, -0.2) is 0 Å². The number of hydrogen-bond acceptors (Lipinski definition) is 3. The standard InChI is InChI=1S/C15H17N3O/c1-11-7-14(5-6-15(11)19)13-4-2-3-12(8-13)9-17-18-10-16/h2-8,10,17,19H,9H2,1H3,(H2,16,18). The third-order valence-corrected chi connectivity index (χ3v) is 2.91. The van der Waals surface area contributed by atoms with Crippen LogP contribution in [0.2, 0.25) is 0 Å². The van der Waals surface area contributed by atoms with Gasteiger partial charge < -0.3 is 16.3 Å². The van der Waals surface area contributed by atoms with Crippen molar-refractivity contribution < 1.29 is 5.11 Å². The Balaban J connectivity index is 2.24.